The number of hydrogen-bond donors (Lipinski definition) is 2. The maximum atomic E-state index is 13.2. The van der Waals surface area contributed by atoms with E-state index in [0.717, 1.165) is 22.4 Å². The number of aryl methyl sites for hydroxylation is 2. The highest BCUT2D eigenvalue weighted by molar-refractivity contribution is 6.31. The Morgan fingerprint density at radius 3 is 2.42 bits per heavy atom. The van der Waals surface area contributed by atoms with Crippen LogP contribution < -0.4 is 15.8 Å². The monoisotopic (exact) mass is 553 g/mol. The molecule has 3 aromatic heterocycles. The molecule has 5 rings (SSSR count). The van der Waals surface area contributed by atoms with Crippen LogP contribution in [0.25, 0.3) is 33.3 Å². The quantitative estimate of drug-likeness (QED) is 0.235. The predicted molar refractivity (Wildman–Crippen MR) is 151 cm³/mol. The molecule has 0 saturated carbocycles. The van der Waals surface area contributed by atoms with Gasteiger partial charge in [-0.25, -0.2) is 14.4 Å². The third-order valence-electron chi connectivity index (χ3n) is 6.27. The molecular formula is C29H21ClFN7O2. The van der Waals surface area contributed by atoms with E-state index in [1.54, 1.807) is 43.3 Å². The van der Waals surface area contributed by atoms with Crippen LogP contribution in [0.4, 0.5) is 15.9 Å². The van der Waals surface area contributed by atoms with Crippen LogP contribution in [0, 0.1) is 18.3 Å². The minimum atomic E-state index is -1.09. The number of benzene rings is 2. The van der Waals surface area contributed by atoms with E-state index < -0.39 is 11.7 Å². The Balaban J connectivity index is 1.62. The van der Waals surface area contributed by atoms with Gasteiger partial charge in [-0.1, -0.05) is 42.4 Å². The first kappa shape index (κ1) is 26.3. The second-order valence-electron chi connectivity index (χ2n) is 8.82. The topological polar surface area (TPSA) is 132 Å². The molecule has 0 radical (unpaired) electrons. The Labute approximate surface area is 233 Å². The Hall–Kier alpha value is -5.27. The summed E-state index contributed by atoms with van der Waals surface area (Å²) in [6, 6.07) is 16.5. The summed E-state index contributed by atoms with van der Waals surface area (Å²) in [4.78, 5) is 24.3. The maximum absolute atomic E-state index is 13.2. The average molecular weight is 554 g/mol. The van der Waals surface area contributed by atoms with Crippen LogP contribution in [0.1, 0.15) is 11.3 Å². The van der Waals surface area contributed by atoms with Gasteiger partial charge in [0.1, 0.15) is 17.6 Å². The van der Waals surface area contributed by atoms with Crippen LogP contribution in [-0.2, 0) is 11.8 Å². The molecular weight excluding hydrogens is 533 g/mol. The molecule has 0 bridgehead atoms. The number of halogens is 2. The summed E-state index contributed by atoms with van der Waals surface area (Å²) >= 11 is 6.01. The molecule has 198 valence electrons. The van der Waals surface area contributed by atoms with E-state index in [-0.39, 0.29) is 11.8 Å². The number of nitrogen functional groups attached to an aromatic ring is 1. The number of anilines is 2. The lowest BCUT2D eigenvalue weighted by Crippen LogP contribution is -2.10. The number of hydrogen-bond acceptors (Lipinski definition) is 7. The zero-order chi connectivity index (χ0) is 28.6. The molecule has 0 fully saturated rings. The van der Waals surface area contributed by atoms with Crippen molar-refractivity contribution in [2.75, 3.05) is 11.1 Å². The van der Waals surface area contributed by atoms with Gasteiger partial charge in [0.2, 0.25) is 0 Å². The SMILES string of the molecule is C=C(F)C(=O)Nc1ccc(-c2c(-c3ccc(Oc4ncc(Cl)c(C)n4)cc3)c3c(N)ncc(C#N)c3n2C)cc1. The Kier molecular flexibility index (Phi) is 6.90. The van der Waals surface area contributed by atoms with Crippen molar-refractivity contribution in [1.29, 1.82) is 5.26 Å². The third kappa shape index (κ3) is 4.81. The zero-order valence-corrected chi connectivity index (χ0v) is 22.1. The number of pyridine rings is 1. The molecule has 40 heavy (non-hydrogen) atoms. The lowest BCUT2D eigenvalue weighted by atomic mass is 9.98. The highest BCUT2D eigenvalue weighted by Gasteiger charge is 2.23. The number of nitrogens with one attached hydrogen (secondary N) is 1. The van der Waals surface area contributed by atoms with Crippen LogP contribution in [0.15, 0.2) is 73.3 Å². The van der Waals surface area contributed by atoms with E-state index >= 15 is 0 Å². The fraction of sp³-hybridized carbons (Fsp3) is 0.0690. The molecule has 0 unspecified atom stereocenters. The molecule has 11 heteroatoms. The van der Waals surface area contributed by atoms with Crippen molar-refractivity contribution in [3.8, 4) is 40.2 Å². The summed E-state index contributed by atoms with van der Waals surface area (Å²) in [6.45, 7) is 4.77. The number of fused-ring (bicyclic) bond motifs is 1. The van der Waals surface area contributed by atoms with Crippen LogP contribution in [0.5, 0.6) is 11.8 Å². The molecule has 0 atom stereocenters. The van der Waals surface area contributed by atoms with E-state index in [1.165, 1.54) is 12.4 Å². The van der Waals surface area contributed by atoms with Crippen molar-refractivity contribution in [3.05, 3.63) is 89.6 Å². The molecule has 5 aromatic rings. The van der Waals surface area contributed by atoms with E-state index in [1.807, 2.05) is 23.7 Å². The molecule has 0 aliphatic heterocycles. The lowest BCUT2D eigenvalue weighted by Gasteiger charge is -2.11. The minimum absolute atomic E-state index is 0.163. The predicted octanol–water partition coefficient (Wildman–Crippen LogP) is 6.33. The van der Waals surface area contributed by atoms with Crippen LogP contribution in [0.3, 0.4) is 0 Å². The maximum Gasteiger partial charge on any atom is 0.322 e. The summed E-state index contributed by atoms with van der Waals surface area (Å²) in [7, 11) is 1.84. The van der Waals surface area contributed by atoms with Crippen LogP contribution >= 0.6 is 11.6 Å². The van der Waals surface area contributed by atoms with Gasteiger partial charge in [0, 0.05) is 24.5 Å². The highest BCUT2D eigenvalue weighted by Crippen LogP contribution is 2.43. The number of rotatable bonds is 6. The van der Waals surface area contributed by atoms with Crippen molar-refractivity contribution in [2.45, 2.75) is 6.92 Å². The van der Waals surface area contributed by atoms with Gasteiger partial charge in [-0.15, -0.1) is 0 Å². The Morgan fingerprint density at radius 1 is 1.12 bits per heavy atom. The average Bonchev–Trinajstić information content (AvgIpc) is 3.25. The fourth-order valence-electron chi connectivity index (χ4n) is 4.40. The molecule has 0 aliphatic carbocycles. The number of ether oxygens (including phenoxy) is 1. The molecule has 2 aromatic carbocycles. The fourth-order valence-corrected chi connectivity index (χ4v) is 4.49. The van der Waals surface area contributed by atoms with Crippen LogP contribution in [0.2, 0.25) is 5.02 Å². The molecule has 3 heterocycles. The number of nitrogens with two attached hydrogens (primary N) is 1. The van der Waals surface area contributed by atoms with Gasteiger partial charge in [-0.3, -0.25) is 4.79 Å². The van der Waals surface area contributed by atoms with Gasteiger partial charge >= 0.3 is 6.01 Å². The minimum Gasteiger partial charge on any atom is -0.424 e. The first-order valence-corrected chi connectivity index (χ1v) is 12.3. The summed E-state index contributed by atoms with van der Waals surface area (Å²) in [5.41, 5.74) is 11.4. The Bertz CT molecular complexity index is 1840. The van der Waals surface area contributed by atoms with Crippen molar-refractivity contribution in [2.24, 2.45) is 7.05 Å². The van der Waals surface area contributed by atoms with Gasteiger partial charge in [-0.05, 0) is 42.3 Å². The van der Waals surface area contributed by atoms with E-state index in [9.17, 15) is 14.4 Å². The highest BCUT2D eigenvalue weighted by atomic mass is 35.5. The molecule has 1 amide bonds. The second-order valence-corrected chi connectivity index (χ2v) is 9.23. The summed E-state index contributed by atoms with van der Waals surface area (Å²) in [5.74, 6) is -1.23. The summed E-state index contributed by atoms with van der Waals surface area (Å²) in [6.07, 6.45) is 2.92. The number of aromatic nitrogens is 4. The van der Waals surface area contributed by atoms with Gasteiger partial charge in [0.15, 0.2) is 5.83 Å². The molecule has 0 spiro atoms. The number of carbonyl (C=O) groups is 1. The zero-order valence-electron chi connectivity index (χ0n) is 21.4. The van der Waals surface area contributed by atoms with Crippen molar-refractivity contribution < 1.29 is 13.9 Å². The lowest BCUT2D eigenvalue weighted by molar-refractivity contribution is -0.114. The number of carbonyl (C=O) groups excluding carboxylic acids is 1. The Morgan fingerprint density at radius 2 is 1.80 bits per heavy atom. The van der Waals surface area contributed by atoms with Gasteiger partial charge < -0.3 is 20.4 Å². The molecule has 0 saturated heterocycles. The van der Waals surface area contributed by atoms with Crippen molar-refractivity contribution in [1.82, 2.24) is 19.5 Å². The summed E-state index contributed by atoms with van der Waals surface area (Å²) in [5, 5.41) is 13.3. The third-order valence-corrected chi connectivity index (χ3v) is 6.64. The largest absolute Gasteiger partial charge is 0.424 e. The normalized spacial score (nSPS) is 10.8. The summed E-state index contributed by atoms with van der Waals surface area (Å²) < 4.78 is 20.8. The van der Waals surface area contributed by atoms with Crippen molar-refractivity contribution in [3.63, 3.8) is 0 Å². The van der Waals surface area contributed by atoms with E-state index in [4.69, 9.17) is 22.1 Å². The number of nitriles is 1. The molecule has 9 nitrogen and oxygen atoms in total. The van der Waals surface area contributed by atoms with E-state index in [0.29, 0.717) is 38.6 Å². The first-order chi connectivity index (χ1) is 19.2. The number of nitrogens with zero attached hydrogens (tertiary/aromatic N) is 5. The number of amides is 1. The van der Waals surface area contributed by atoms with Crippen molar-refractivity contribution >= 4 is 39.9 Å². The second kappa shape index (κ2) is 10.5. The molecule has 3 N–H and O–H groups in total. The molecule has 0 aliphatic rings. The van der Waals surface area contributed by atoms with Crippen LogP contribution in [-0.4, -0.2) is 25.4 Å². The van der Waals surface area contributed by atoms with Gasteiger partial charge in [-0.2, -0.15) is 10.2 Å². The van der Waals surface area contributed by atoms with E-state index in [2.05, 4.69) is 32.9 Å². The standard InChI is InChI=1S/C29H21ClFN7O2/c1-15(31)28(39)37-20-8-4-18(5-9-20)25-23(24-26(38(25)3)19(12-32)13-34-27(24)33)17-6-10-21(11-7-17)40-29-35-14-22(30)16(2)36-29/h4-11,13-14H,1H2,2-3H3,(H2,33,34)(H,37,39). The van der Waals surface area contributed by atoms with Gasteiger partial charge in [0.05, 0.1) is 39.1 Å². The van der Waals surface area contributed by atoms with Gasteiger partial charge in [0.25, 0.3) is 5.91 Å². The smallest absolute Gasteiger partial charge is 0.322 e. The first-order valence-electron chi connectivity index (χ1n) is 11.9.